The van der Waals surface area contributed by atoms with E-state index in [2.05, 4.69) is 47.8 Å². The fraction of sp³-hybridized carbons (Fsp3) is 0.429. The van der Waals surface area contributed by atoms with Gasteiger partial charge in [-0.05, 0) is 68.2 Å². The van der Waals surface area contributed by atoms with Gasteiger partial charge >= 0.3 is 0 Å². The molecule has 4 aromatic rings. The van der Waals surface area contributed by atoms with Gasteiger partial charge in [-0.2, -0.15) is 10.2 Å². The number of nitrogens with zero attached hydrogens (tertiary/aromatic N) is 4. The highest BCUT2D eigenvalue weighted by atomic mass is 16.5. The summed E-state index contributed by atoms with van der Waals surface area (Å²) in [6.07, 6.45) is 8.16. The van der Waals surface area contributed by atoms with Crippen LogP contribution in [0.15, 0.2) is 70.7 Å². The molecule has 2 aliphatic rings. The maximum atomic E-state index is 14.5. The highest BCUT2D eigenvalue weighted by Crippen LogP contribution is 2.32. The summed E-state index contributed by atoms with van der Waals surface area (Å²) in [5.74, 6) is -0.121. The van der Waals surface area contributed by atoms with Crippen LogP contribution in [0.5, 0.6) is 0 Å². The third-order valence-electron chi connectivity index (χ3n) is 8.80. The van der Waals surface area contributed by atoms with Crippen LogP contribution in [0.2, 0.25) is 0 Å². The van der Waals surface area contributed by atoms with Gasteiger partial charge in [-0.1, -0.05) is 55.8 Å². The highest BCUT2D eigenvalue weighted by molar-refractivity contribution is 6.16. The molecule has 6 rings (SSSR count). The number of carbonyl (C=O) groups excluding carboxylic acids is 1. The van der Waals surface area contributed by atoms with E-state index < -0.39 is 6.10 Å². The number of hydrogen-bond acceptors (Lipinski definition) is 6. The van der Waals surface area contributed by atoms with E-state index in [0.717, 1.165) is 84.1 Å². The zero-order chi connectivity index (χ0) is 30.6. The largest absolute Gasteiger partial charge is 0.391 e. The van der Waals surface area contributed by atoms with Crippen molar-refractivity contribution in [3.63, 3.8) is 0 Å². The molecular weight excluding hydrogens is 554 g/mol. The molecule has 44 heavy (non-hydrogen) atoms. The normalized spacial score (nSPS) is 19.2. The van der Waals surface area contributed by atoms with Gasteiger partial charge in [0.2, 0.25) is 5.91 Å². The Morgan fingerprint density at radius 1 is 1.05 bits per heavy atom. The van der Waals surface area contributed by atoms with E-state index in [4.69, 9.17) is 9.84 Å². The molecule has 9 nitrogen and oxygen atoms in total. The lowest BCUT2D eigenvalue weighted by atomic mass is 9.91. The van der Waals surface area contributed by atoms with Gasteiger partial charge in [-0.15, -0.1) is 0 Å². The molecule has 0 bridgehead atoms. The van der Waals surface area contributed by atoms with Crippen LogP contribution in [-0.2, 0) is 22.4 Å². The number of unbranched alkanes of at least 4 members (excludes halogenated alkanes) is 1. The summed E-state index contributed by atoms with van der Waals surface area (Å²) < 4.78 is 9.85. The van der Waals surface area contributed by atoms with Gasteiger partial charge in [0, 0.05) is 29.7 Å². The first-order valence-electron chi connectivity index (χ1n) is 15.9. The first kappa shape index (κ1) is 30.0. The summed E-state index contributed by atoms with van der Waals surface area (Å²) in [5, 5.41) is 18.7. The summed E-state index contributed by atoms with van der Waals surface area (Å²) in [5.41, 5.74) is 9.86. The Morgan fingerprint density at radius 2 is 1.84 bits per heavy atom. The van der Waals surface area contributed by atoms with E-state index in [-0.39, 0.29) is 30.0 Å². The van der Waals surface area contributed by atoms with Crippen molar-refractivity contribution in [1.82, 2.24) is 19.6 Å². The van der Waals surface area contributed by atoms with Crippen LogP contribution in [-0.4, -0.2) is 49.7 Å². The SMILES string of the molecule is CCCCc1c(Cc2ccc(-c3ccccc3)c(C3=NNC(=O)C3)c2)c(=O)n(C2CCC(OCC(C)O)CC2)c2ccnn12. The molecular formula is C35H41N5O4. The number of amides is 1. The quantitative estimate of drug-likeness (QED) is 0.248. The summed E-state index contributed by atoms with van der Waals surface area (Å²) in [6.45, 7) is 4.23. The van der Waals surface area contributed by atoms with E-state index in [9.17, 15) is 14.7 Å². The topological polar surface area (TPSA) is 110 Å². The Hall–Kier alpha value is -4.08. The molecule has 230 valence electrons. The molecule has 0 spiro atoms. The van der Waals surface area contributed by atoms with Gasteiger partial charge in [-0.3, -0.25) is 14.2 Å². The Morgan fingerprint density at radius 3 is 2.55 bits per heavy atom. The van der Waals surface area contributed by atoms with Gasteiger partial charge < -0.3 is 9.84 Å². The summed E-state index contributed by atoms with van der Waals surface area (Å²) in [7, 11) is 0. The molecule has 1 aliphatic carbocycles. The van der Waals surface area contributed by atoms with E-state index in [1.54, 1.807) is 13.1 Å². The minimum absolute atomic E-state index is 0.0428. The third kappa shape index (κ3) is 6.25. The zero-order valence-electron chi connectivity index (χ0n) is 25.5. The Kier molecular flexibility index (Phi) is 9.04. The van der Waals surface area contributed by atoms with Crippen molar-refractivity contribution in [2.45, 2.75) is 89.9 Å². The third-order valence-corrected chi connectivity index (χ3v) is 8.80. The molecule has 2 N–H and O–H groups in total. The van der Waals surface area contributed by atoms with Crippen LogP contribution in [0, 0.1) is 0 Å². The van der Waals surface area contributed by atoms with E-state index in [1.807, 2.05) is 33.3 Å². The number of benzene rings is 2. The summed E-state index contributed by atoms with van der Waals surface area (Å²) >= 11 is 0. The number of hydrogen-bond donors (Lipinski definition) is 2. The molecule has 1 saturated carbocycles. The number of aliphatic hydroxyl groups excluding tert-OH is 1. The number of nitrogens with one attached hydrogen (secondary N) is 1. The minimum atomic E-state index is -0.486. The average Bonchev–Trinajstić information content (AvgIpc) is 3.70. The van der Waals surface area contributed by atoms with Gasteiger partial charge in [0.05, 0.1) is 42.8 Å². The molecule has 1 fully saturated rings. The van der Waals surface area contributed by atoms with Crippen molar-refractivity contribution < 1.29 is 14.6 Å². The molecule has 9 heteroatoms. The lowest BCUT2D eigenvalue weighted by molar-refractivity contribution is -0.119. The number of aromatic nitrogens is 3. The lowest BCUT2D eigenvalue weighted by Crippen LogP contribution is -2.35. The number of fused-ring (bicyclic) bond motifs is 1. The predicted molar refractivity (Wildman–Crippen MR) is 171 cm³/mol. The van der Waals surface area contributed by atoms with Crippen molar-refractivity contribution in [3.8, 4) is 11.1 Å². The minimum Gasteiger partial charge on any atom is -0.391 e. The second-order valence-electron chi connectivity index (χ2n) is 12.1. The van der Waals surface area contributed by atoms with E-state index in [1.165, 1.54) is 0 Å². The second kappa shape index (κ2) is 13.3. The number of aliphatic hydroxyl groups is 1. The number of hydrazone groups is 1. The maximum Gasteiger partial charge on any atom is 0.257 e. The average molecular weight is 596 g/mol. The number of aryl methyl sites for hydroxylation is 1. The summed E-state index contributed by atoms with van der Waals surface area (Å²) in [4.78, 5) is 26.6. The molecule has 0 radical (unpaired) electrons. The smallest absolute Gasteiger partial charge is 0.257 e. The highest BCUT2D eigenvalue weighted by Gasteiger charge is 2.28. The lowest BCUT2D eigenvalue weighted by Gasteiger charge is -2.31. The zero-order valence-corrected chi connectivity index (χ0v) is 25.5. The van der Waals surface area contributed by atoms with Crippen LogP contribution < -0.4 is 11.0 Å². The Bertz CT molecular complexity index is 1710. The number of ether oxygens (including phenoxy) is 1. The van der Waals surface area contributed by atoms with Gasteiger partial charge in [0.1, 0.15) is 5.65 Å². The summed E-state index contributed by atoms with van der Waals surface area (Å²) in [6, 6.07) is 18.4. The predicted octanol–water partition coefficient (Wildman–Crippen LogP) is 5.20. The molecule has 1 unspecified atom stereocenters. The monoisotopic (exact) mass is 595 g/mol. The van der Waals surface area contributed by atoms with Crippen molar-refractivity contribution in [2.75, 3.05) is 6.61 Å². The molecule has 2 aromatic heterocycles. The first-order chi connectivity index (χ1) is 21.4. The Balaban J connectivity index is 1.40. The first-order valence-corrected chi connectivity index (χ1v) is 15.9. The van der Waals surface area contributed by atoms with Crippen molar-refractivity contribution in [1.29, 1.82) is 0 Å². The number of rotatable bonds is 11. The van der Waals surface area contributed by atoms with Crippen LogP contribution in [0.1, 0.15) is 87.2 Å². The van der Waals surface area contributed by atoms with Gasteiger partial charge in [0.25, 0.3) is 5.56 Å². The number of carbonyl (C=O) groups is 1. The fourth-order valence-corrected chi connectivity index (χ4v) is 6.59. The molecule has 3 heterocycles. The van der Waals surface area contributed by atoms with Gasteiger partial charge in [0.15, 0.2) is 0 Å². The van der Waals surface area contributed by atoms with Crippen LogP contribution in [0.25, 0.3) is 16.8 Å². The second-order valence-corrected chi connectivity index (χ2v) is 12.1. The van der Waals surface area contributed by atoms with Crippen molar-refractivity contribution >= 4 is 17.3 Å². The maximum absolute atomic E-state index is 14.5. The molecule has 0 saturated heterocycles. The Labute approximate surface area is 257 Å². The fourth-order valence-electron chi connectivity index (χ4n) is 6.59. The molecule has 1 amide bonds. The van der Waals surface area contributed by atoms with E-state index >= 15 is 0 Å². The molecule has 1 aliphatic heterocycles. The van der Waals surface area contributed by atoms with Crippen LogP contribution in [0.4, 0.5) is 0 Å². The van der Waals surface area contributed by atoms with Gasteiger partial charge in [-0.25, -0.2) is 9.94 Å². The van der Waals surface area contributed by atoms with Crippen molar-refractivity contribution in [2.24, 2.45) is 5.10 Å². The standard InChI is InChI=1S/C35H41N5O4/c1-3-4-10-32-30(20-24-11-16-28(25-8-6-5-7-9-25)29(19-24)31-21-33(42)38-37-31)35(43)39(34-17-18-36-40(32)34)26-12-14-27(15-13-26)44-22-23(2)41/h5-9,11,16-19,23,26-27,41H,3-4,10,12-15,20-22H2,1-2H3,(H,38,42). The van der Waals surface area contributed by atoms with E-state index in [0.29, 0.717) is 18.7 Å². The van der Waals surface area contributed by atoms with Crippen molar-refractivity contribution in [3.05, 3.63) is 93.5 Å². The van der Waals surface area contributed by atoms with Crippen LogP contribution >= 0.6 is 0 Å². The molecule has 2 aromatic carbocycles. The van der Waals surface area contributed by atoms with Crippen LogP contribution in [0.3, 0.4) is 0 Å². The molecule has 1 atom stereocenters.